The summed E-state index contributed by atoms with van der Waals surface area (Å²) in [6.07, 6.45) is 1.31. The van der Waals surface area contributed by atoms with Gasteiger partial charge in [-0.15, -0.1) is 0 Å². The maximum absolute atomic E-state index is 12.9. The van der Waals surface area contributed by atoms with Gasteiger partial charge in [0.05, 0.1) is 10.9 Å². The van der Waals surface area contributed by atoms with Crippen molar-refractivity contribution in [2.24, 2.45) is 0 Å². The van der Waals surface area contributed by atoms with E-state index in [4.69, 9.17) is 25.2 Å². The number of ether oxygens (including phenoxy) is 1. The minimum Gasteiger partial charge on any atom is -0.463 e. The molecule has 0 spiro atoms. The van der Waals surface area contributed by atoms with Crippen molar-refractivity contribution in [2.45, 2.75) is 0 Å². The number of hydrogen-bond acceptors (Lipinski definition) is 6. The van der Waals surface area contributed by atoms with Gasteiger partial charge < -0.3 is 13.6 Å². The summed E-state index contributed by atoms with van der Waals surface area (Å²) in [5.74, 6) is -0.761. The van der Waals surface area contributed by atoms with Crippen molar-refractivity contribution in [3.63, 3.8) is 0 Å². The summed E-state index contributed by atoms with van der Waals surface area (Å²) in [6.45, 7) is 0. The summed E-state index contributed by atoms with van der Waals surface area (Å²) in [4.78, 5) is 37.7. The molecule has 0 aliphatic carbocycles. The van der Waals surface area contributed by atoms with Crippen LogP contribution >= 0.6 is 11.6 Å². The van der Waals surface area contributed by atoms with Crippen LogP contribution in [0, 0.1) is 0 Å². The first-order valence-corrected chi connectivity index (χ1v) is 9.94. The first kappa shape index (κ1) is 19.8. The Kier molecular flexibility index (Phi) is 4.84. The molecule has 0 saturated carbocycles. The van der Waals surface area contributed by atoms with Crippen LogP contribution in [0.3, 0.4) is 0 Å². The number of benzene rings is 3. The molecule has 5 aromatic rings. The van der Waals surface area contributed by atoms with Crippen molar-refractivity contribution >= 4 is 39.5 Å². The fraction of sp³-hybridized carbons (Fsp3) is 0. The maximum atomic E-state index is 12.9. The van der Waals surface area contributed by atoms with E-state index in [-0.39, 0.29) is 22.3 Å². The molecular weight excluding hydrogens is 432 g/mol. The number of halogens is 1. The van der Waals surface area contributed by atoms with Gasteiger partial charge in [0.1, 0.15) is 28.7 Å². The second kappa shape index (κ2) is 7.83. The van der Waals surface area contributed by atoms with E-state index in [0.717, 1.165) is 0 Å². The largest absolute Gasteiger partial charge is 0.463 e. The monoisotopic (exact) mass is 444 g/mol. The predicted octanol–water partition coefficient (Wildman–Crippen LogP) is 5.44. The molecule has 3 aromatic carbocycles. The lowest BCUT2D eigenvalue weighted by Crippen LogP contribution is -2.18. The summed E-state index contributed by atoms with van der Waals surface area (Å²) in [5, 5.41) is 1.32. The van der Waals surface area contributed by atoms with E-state index in [1.165, 1.54) is 30.5 Å². The Bertz CT molecular complexity index is 1630. The normalized spacial score (nSPS) is 11.0. The van der Waals surface area contributed by atoms with Crippen molar-refractivity contribution in [3.05, 3.63) is 110 Å². The minimum atomic E-state index is -0.876. The highest BCUT2D eigenvalue weighted by molar-refractivity contribution is 6.33. The lowest BCUT2D eigenvalue weighted by Gasteiger charge is -2.07. The first-order chi connectivity index (χ1) is 15.5. The molecule has 0 atom stereocenters. The highest BCUT2D eigenvalue weighted by Crippen LogP contribution is 2.28. The number of carbonyl (C=O) groups excluding carboxylic acids is 1. The van der Waals surface area contributed by atoms with E-state index in [2.05, 4.69) is 0 Å². The lowest BCUT2D eigenvalue weighted by atomic mass is 10.1. The quantitative estimate of drug-likeness (QED) is 0.209. The maximum Gasteiger partial charge on any atom is 0.351 e. The number of rotatable bonds is 3. The van der Waals surface area contributed by atoms with E-state index in [9.17, 15) is 14.4 Å². The van der Waals surface area contributed by atoms with E-state index >= 15 is 0 Å². The van der Waals surface area contributed by atoms with Gasteiger partial charge in [-0.25, -0.2) is 9.59 Å². The van der Waals surface area contributed by atoms with Crippen LogP contribution in [0.4, 0.5) is 0 Å². The molecule has 0 amide bonds. The highest BCUT2D eigenvalue weighted by Gasteiger charge is 2.17. The summed E-state index contributed by atoms with van der Waals surface area (Å²) in [7, 11) is 0. The van der Waals surface area contributed by atoms with E-state index in [1.54, 1.807) is 48.5 Å². The summed E-state index contributed by atoms with van der Waals surface area (Å²) < 4.78 is 16.1. The Hall–Kier alpha value is -4.16. The highest BCUT2D eigenvalue weighted by atomic mass is 35.5. The molecule has 32 heavy (non-hydrogen) atoms. The molecule has 0 aliphatic heterocycles. The Labute approximate surface area is 185 Å². The van der Waals surface area contributed by atoms with Crippen molar-refractivity contribution in [1.29, 1.82) is 0 Å². The molecule has 0 saturated heterocycles. The second-order valence-corrected chi connectivity index (χ2v) is 7.40. The Morgan fingerprint density at radius 2 is 1.62 bits per heavy atom. The SMILES string of the molecule is O=C(Oc1ccc2c(=O)c(-c3ccccc3Cl)coc2c1)c1cc2ccccc2oc1=O. The fourth-order valence-corrected chi connectivity index (χ4v) is 3.64. The number of carbonyl (C=O) groups is 1. The summed E-state index contributed by atoms with van der Waals surface area (Å²) in [6, 6.07) is 19.6. The van der Waals surface area contributed by atoms with Crippen molar-refractivity contribution in [2.75, 3.05) is 0 Å². The molecular formula is C25H13ClO6. The van der Waals surface area contributed by atoms with Crippen molar-refractivity contribution in [1.82, 2.24) is 0 Å². The van der Waals surface area contributed by atoms with Crippen LogP contribution in [0.2, 0.25) is 5.02 Å². The summed E-state index contributed by atoms with van der Waals surface area (Å²) >= 11 is 6.20. The molecule has 0 bridgehead atoms. The summed E-state index contributed by atoms with van der Waals surface area (Å²) in [5.41, 5.74) is 0.166. The molecule has 0 fully saturated rings. The average Bonchev–Trinajstić information content (AvgIpc) is 2.79. The molecule has 5 rings (SSSR count). The van der Waals surface area contributed by atoms with E-state index in [0.29, 0.717) is 32.5 Å². The van der Waals surface area contributed by atoms with Crippen molar-refractivity contribution in [3.8, 4) is 16.9 Å². The van der Waals surface area contributed by atoms with Gasteiger partial charge in [-0.2, -0.15) is 0 Å². The third-order valence-corrected chi connectivity index (χ3v) is 5.31. The van der Waals surface area contributed by atoms with Crippen LogP contribution in [-0.2, 0) is 0 Å². The van der Waals surface area contributed by atoms with Crippen molar-refractivity contribution < 1.29 is 18.4 Å². The number of fused-ring (bicyclic) bond motifs is 2. The smallest absolute Gasteiger partial charge is 0.351 e. The van der Waals surface area contributed by atoms with Crippen LogP contribution in [0.25, 0.3) is 33.1 Å². The van der Waals surface area contributed by atoms with Gasteiger partial charge >= 0.3 is 11.6 Å². The molecule has 6 nitrogen and oxygen atoms in total. The molecule has 7 heteroatoms. The van der Waals surface area contributed by atoms with Gasteiger partial charge in [-0.3, -0.25) is 4.79 Å². The molecule has 2 aromatic heterocycles. The average molecular weight is 445 g/mol. The number of para-hydroxylation sites is 1. The standard InChI is InChI=1S/C25H13ClO6/c26-20-7-3-2-6-16(20)19-13-30-22-12-15(9-10-17(22)23(19)27)31-24(28)18-11-14-5-1-4-8-21(14)32-25(18)29/h1-13H. The second-order valence-electron chi connectivity index (χ2n) is 6.99. The van der Waals surface area contributed by atoms with Gasteiger partial charge in [0, 0.05) is 22.0 Å². The van der Waals surface area contributed by atoms with Gasteiger partial charge in [-0.05, 0) is 30.3 Å². The van der Waals surface area contributed by atoms with Crippen LogP contribution in [0.15, 0.2) is 97.5 Å². The minimum absolute atomic E-state index is 0.115. The Morgan fingerprint density at radius 1 is 0.844 bits per heavy atom. The molecule has 0 aliphatic rings. The van der Waals surface area contributed by atoms with Gasteiger partial charge in [0.2, 0.25) is 5.43 Å². The third-order valence-electron chi connectivity index (χ3n) is 4.98. The van der Waals surface area contributed by atoms with Crippen LogP contribution in [0.1, 0.15) is 10.4 Å². The molecule has 2 heterocycles. The topological polar surface area (TPSA) is 86.7 Å². The van der Waals surface area contributed by atoms with Crippen LogP contribution < -0.4 is 15.8 Å². The molecule has 0 radical (unpaired) electrons. The van der Waals surface area contributed by atoms with Gasteiger partial charge in [0.25, 0.3) is 0 Å². The molecule has 156 valence electrons. The Balaban J connectivity index is 1.49. The Morgan fingerprint density at radius 3 is 2.47 bits per heavy atom. The zero-order valence-corrected chi connectivity index (χ0v) is 17.1. The van der Waals surface area contributed by atoms with Crippen LogP contribution in [-0.4, -0.2) is 5.97 Å². The zero-order chi connectivity index (χ0) is 22.2. The third kappa shape index (κ3) is 3.46. The first-order valence-electron chi connectivity index (χ1n) is 9.57. The molecule has 0 unspecified atom stereocenters. The van der Waals surface area contributed by atoms with Crippen LogP contribution in [0.5, 0.6) is 5.75 Å². The lowest BCUT2D eigenvalue weighted by molar-refractivity contribution is 0.0730. The van der Waals surface area contributed by atoms with E-state index < -0.39 is 11.6 Å². The van der Waals surface area contributed by atoms with E-state index in [1.807, 2.05) is 0 Å². The van der Waals surface area contributed by atoms with Gasteiger partial charge in [0.15, 0.2) is 0 Å². The molecule has 0 N–H and O–H groups in total. The number of hydrogen-bond donors (Lipinski definition) is 0. The predicted molar refractivity (Wildman–Crippen MR) is 120 cm³/mol. The fourth-order valence-electron chi connectivity index (χ4n) is 3.40. The number of esters is 1. The zero-order valence-electron chi connectivity index (χ0n) is 16.3. The van der Waals surface area contributed by atoms with Gasteiger partial charge in [-0.1, -0.05) is 48.0 Å².